The van der Waals surface area contributed by atoms with Crippen LogP contribution >= 0.6 is 0 Å². The molecule has 4 rings (SSSR count). The number of ether oxygens (including phenoxy) is 1. The van der Waals surface area contributed by atoms with Crippen LogP contribution in [0.5, 0.6) is 5.75 Å². The number of benzene rings is 2. The highest BCUT2D eigenvalue weighted by molar-refractivity contribution is 5.99. The monoisotopic (exact) mass is 370 g/mol. The third-order valence-corrected chi connectivity index (χ3v) is 4.93. The minimum absolute atomic E-state index is 0.0410. The summed E-state index contributed by atoms with van der Waals surface area (Å²) in [5.41, 5.74) is 0.902. The van der Waals surface area contributed by atoms with Gasteiger partial charge in [0.25, 0.3) is 5.91 Å². The maximum Gasteiger partial charge on any atom is 0.254 e. The minimum atomic E-state index is -0.953. The second-order valence-corrected chi connectivity index (χ2v) is 6.69. The van der Waals surface area contributed by atoms with Gasteiger partial charge in [-0.2, -0.15) is 0 Å². The number of nitrogens with one attached hydrogen (secondary N) is 1. The van der Waals surface area contributed by atoms with Crippen molar-refractivity contribution in [3.8, 4) is 5.75 Å². The molecule has 1 saturated heterocycles. The van der Waals surface area contributed by atoms with E-state index in [1.54, 1.807) is 29.2 Å². The van der Waals surface area contributed by atoms with Crippen LogP contribution in [-0.2, 0) is 4.79 Å². The SMILES string of the molecule is O=C(NC1COc2ccccc2C1O)c1cc(N2CCCC2=O)ccc1F. The number of carbonyl (C=O) groups is 2. The highest BCUT2D eigenvalue weighted by Gasteiger charge is 2.31. The fourth-order valence-corrected chi connectivity index (χ4v) is 3.49. The first-order valence-corrected chi connectivity index (χ1v) is 8.85. The number of carbonyl (C=O) groups excluding carboxylic acids is 2. The third kappa shape index (κ3) is 3.26. The van der Waals surface area contributed by atoms with Crippen molar-refractivity contribution < 1.29 is 23.8 Å². The summed E-state index contributed by atoms with van der Waals surface area (Å²) in [7, 11) is 0. The van der Waals surface area contributed by atoms with E-state index in [-0.39, 0.29) is 18.1 Å². The van der Waals surface area contributed by atoms with Gasteiger partial charge in [0.2, 0.25) is 5.91 Å². The van der Waals surface area contributed by atoms with Gasteiger partial charge in [0.15, 0.2) is 0 Å². The van der Waals surface area contributed by atoms with Gasteiger partial charge in [-0.25, -0.2) is 4.39 Å². The standard InChI is InChI=1S/C20H19FN2O4/c21-15-8-7-12(23-9-3-6-18(23)24)10-14(15)20(26)22-16-11-27-17-5-2-1-4-13(17)19(16)25/h1-2,4-5,7-8,10,16,19,25H,3,6,9,11H2,(H,22,26). The van der Waals surface area contributed by atoms with Crippen LogP contribution in [0.15, 0.2) is 42.5 Å². The van der Waals surface area contributed by atoms with Gasteiger partial charge in [0, 0.05) is 24.2 Å². The van der Waals surface area contributed by atoms with Crippen molar-refractivity contribution in [3.05, 3.63) is 59.4 Å². The Morgan fingerprint density at radius 2 is 2.07 bits per heavy atom. The van der Waals surface area contributed by atoms with Crippen LogP contribution in [0, 0.1) is 5.82 Å². The largest absolute Gasteiger partial charge is 0.491 e. The Morgan fingerprint density at radius 3 is 2.85 bits per heavy atom. The molecule has 1 fully saturated rings. The number of halogens is 1. The van der Waals surface area contributed by atoms with Gasteiger partial charge in [-0.3, -0.25) is 9.59 Å². The first kappa shape index (κ1) is 17.5. The zero-order valence-corrected chi connectivity index (χ0v) is 14.5. The molecule has 2 aliphatic rings. The highest BCUT2D eigenvalue weighted by atomic mass is 19.1. The van der Waals surface area contributed by atoms with Crippen LogP contribution in [0.25, 0.3) is 0 Å². The molecule has 6 nitrogen and oxygen atoms in total. The van der Waals surface area contributed by atoms with Gasteiger partial charge in [0.1, 0.15) is 24.3 Å². The van der Waals surface area contributed by atoms with Gasteiger partial charge >= 0.3 is 0 Å². The van der Waals surface area contributed by atoms with Crippen LogP contribution in [0.3, 0.4) is 0 Å². The summed E-state index contributed by atoms with van der Waals surface area (Å²) in [6, 6.07) is 10.4. The number of hydrogen-bond acceptors (Lipinski definition) is 4. The molecule has 2 aliphatic heterocycles. The lowest BCUT2D eigenvalue weighted by molar-refractivity contribution is -0.117. The predicted molar refractivity (Wildman–Crippen MR) is 96.1 cm³/mol. The average molecular weight is 370 g/mol. The van der Waals surface area contributed by atoms with Crippen molar-refractivity contribution >= 4 is 17.5 Å². The maximum absolute atomic E-state index is 14.2. The van der Waals surface area contributed by atoms with E-state index < -0.39 is 23.9 Å². The number of aliphatic hydroxyl groups excluding tert-OH is 1. The van der Waals surface area contributed by atoms with E-state index in [4.69, 9.17) is 4.74 Å². The number of amides is 2. The molecule has 2 aromatic rings. The van der Waals surface area contributed by atoms with Gasteiger partial charge in [0.05, 0.1) is 11.6 Å². The molecule has 2 unspecified atom stereocenters. The molecule has 0 bridgehead atoms. The molecule has 0 aliphatic carbocycles. The summed E-state index contributed by atoms with van der Waals surface area (Å²) in [6.45, 7) is 0.632. The smallest absolute Gasteiger partial charge is 0.254 e. The van der Waals surface area contributed by atoms with E-state index in [9.17, 15) is 19.1 Å². The molecular weight excluding hydrogens is 351 g/mol. The number of hydrogen-bond donors (Lipinski definition) is 2. The quantitative estimate of drug-likeness (QED) is 0.868. The molecule has 0 saturated carbocycles. The topological polar surface area (TPSA) is 78.9 Å². The fraction of sp³-hybridized carbons (Fsp3) is 0.300. The molecule has 27 heavy (non-hydrogen) atoms. The van der Waals surface area contributed by atoms with Gasteiger partial charge in [-0.1, -0.05) is 18.2 Å². The lowest BCUT2D eigenvalue weighted by Gasteiger charge is -2.30. The zero-order chi connectivity index (χ0) is 19.0. The Hall–Kier alpha value is -2.93. The van der Waals surface area contributed by atoms with E-state index in [0.717, 1.165) is 6.42 Å². The van der Waals surface area contributed by atoms with Crippen molar-refractivity contribution in [2.45, 2.75) is 25.0 Å². The van der Waals surface area contributed by atoms with E-state index in [1.807, 2.05) is 0 Å². The molecule has 0 aromatic heterocycles. The maximum atomic E-state index is 14.2. The number of anilines is 1. The highest BCUT2D eigenvalue weighted by Crippen LogP contribution is 2.32. The summed E-state index contributed by atoms with van der Waals surface area (Å²) in [6.07, 6.45) is 0.234. The van der Waals surface area contributed by atoms with Crippen molar-refractivity contribution in [3.63, 3.8) is 0 Å². The normalized spacial score (nSPS) is 21.6. The second kappa shape index (κ2) is 7.00. The van der Waals surface area contributed by atoms with Crippen LogP contribution in [0.4, 0.5) is 10.1 Å². The van der Waals surface area contributed by atoms with E-state index in [2.05, 4.69) is 5.32 Å². The molecule has 0 radical (unpaired) electrons. The van der Waals surface area contributed by atoms with Crippen LogP contribution in [0.2, 0.25) is 0 Å². The average Bonchev–Trinajstić information content (AvgIpc) is 3.10. The fourth-order valence-electron chi connectivity index (χ4n) is 3.49. The minimum Gasteiger partial charge on any atom is -0.491 e. The first-order chi connectivity index (χ1) is 13.0. The molecule has 2 heterocycles. The Kier molecular flexibility index (Phi) is 4.53. The van der Waals surface area contributed by atoms with Crippen molar-refractivity contribution in [1.82, 2.24) is 5.32 Å². The molecule has 2 aromatic carbocycles. The summed E-state index contributed by atoms with van der Waals surface area (Å²) in [4.78, 5) is 26.1. The van der Waals surface area contributed by atoms with Crippen LogP contribution in [0.1, 0.15) is 34.9 Å². The number of rotatable bonds is 3. The summed E-state index contributed by atoms with van der Waals surface area (Å²) >= 11 is 0. The van der Waals surface area contributed by atoms with Gasteiger partial charge in [-0.05, 0) is 30.7 Å². The number of aliphatic hydroxyl groups is 1. The molecule has 0 spiro atoms. The lowest BCUT2D eigenvalue weighted by Crippen LogP contribution is -2.45. The van der Waals surface area contributed by atoms with Crippen molar-refractivity contribution in [1.29, 1.82) is 0 Å². The summed E-state index contributed by atoms with van der Waals surface area (Å²) in [5.74, 6) is -0.820. The molecule has 2 N–H and O–H groups in total. The second-order valence-electron chi connectivity index (χ2n) is 6.69. The Labute approximate surface area is 155 Å². The number of nitrogens with zero attached hydrogens (tertiary/aromatic N) is 1. The van der Waals surface area contributed by atoms with E-state index in [1.165, 1.54) is 18.2 Å². The van der Waals surface area contributed by atoms with Crippen LogP contribution in [-0.4, -0.2) is 36.1 Å². The van der Waals surface area contributed by atoms with Crippen molar-refractivity contribution in [2.75, 3.05) is 18.1 Å². The van der Waals surface area contributed by atoms with E-state index in [0.29, 0.717) is 30.0 Å². The molecular formula is C20H19FN2O4. The molecule has 2 atom stereocenters. The Morgan fingerprint density at radius 1 is 1.26 bits per heavy atom. The van der Waals surface area contributed by atoms with Crippen LogP contribution < -0.4 is 15.0 Å². The van der Waals surface area contributed by atoms with E-state index >= 15 is 0 Å². The predicted octanol–water partition coefficient (Wildman–Crippen LogP) is 2.18. The number of para-hydroxylation sites is 1. The Bertz CT molecular complexity index is 901. The number of fused-ring (bicyclic) bond motifs is 1. The zero-order valence-electron chi connectivity index (χ0n) is 14.5. The lowest BCUT2D eigenvalue weighted by atomic mass is 9.99. The third-order valence-electron chi connectivity index (χ3n) is 4.93. The van der Waals surface area contributed by atoms with Crippen molar-refractivity contribution in [2.24, 2.45) is 0 Å². The Balaban J connectivity index is 1.54. The first-order valence-electron chi connectivity index (χ1n) is 8.85. The molecule has 2 amide bonds. The summed E-state index contributed by atoms with van der Waals surface area (Å²) < 4.78 is 19.8. The molecule has 7 heteroatoms. The van der Waals surface area contributed by atoms with Gasteiger partial charge in [-0.15, -0.1) is 0 Å². The molecule has 140 valence electrons. The summed E-state index contributed by atoms with van der Waals surface area (Å²) in [5, 5.41) is 13.1. The van der Waals surface area contributed by atoms with Gasteiger partial charge < -0.3 is 20.1 Å².